The van der Waals surface area contributed by atoms with Gasteiger partial charge in [-0.2, -0.15) is 5.10 Å². The lowest BCUT2D eigenvalue weighted by molar-refractivity contribution is 0.501. The van der Waals surface area contributed by atoms with Crippen molar-refractivity contribution in [3.8, 4) is 0 Å². The number of nitrogens with one attached hydrogen (secondary N) is 1. The Kier molecular flexibility index (Phi) is 4.75. The molecule has 19 heavy (non-hydrogen) atoms. The first kappa shape index (κ1) is 14.3. The van der Waals surface area contributed by atoms with Crippen molar-refractivity contribution >= 4 is 5.82 Å². The van der Waals surface area contributed by atoms with E-state index >= 15 is 0 Å². The van der Waals surface area contributed by atoms with Crippen LogP contribution in [0.1, 0.15) is 45.7 Å². The lowest BCUT2D eigenvalue weighted by Crippen LogP contribution is -2.31. The molecule has 1 aliphatic carbocycles. The number of nitrogens with zero attached hydrogens (tertiary/aromatic N) is 3. The molecule has 1 unspecified atom stereocenters. The third-order valence-electron chi connectivity index (χ3n) is 3.69. The van der Waals surface area contributed by atoms with Crippen LogP contribution in [0.3, 0.4) is 0 Å². The van der Waals surface area contributed by atoms with E-state index in [9.17, 15) is 0 Å². The maximum absolute atomic E-state index is 4.34. The SMILES string of the molecule is CC(C)CC(C)N(C)c1ccc(CNC2CC2)nn1. The summed E-state index contributed by atoms with van der Waals surface area (Å²) in [6.07, 6.45) is 3.78. The second-order valence-electron chi connectivity index (χ2n) is 6.13. The van der Waals surface area contributed by atoms with Crippen molar-refractivity contribution in [1.29, 1.82) is 0 Å². The molecule has 4 heteroatoms. The van der Waals surface area contributed by atoms with E-state index in [1.807, 2.05) is 0 Å². The third kappa shape index (κ3) is 4.46. The van der Waals surface area contributed by atoms with Gasteiger partial charge in [0.1, 0.15) is 0 Å². The smallest absolute Gasteiger partial charge is 0.151 e. The summed E-state index contributed by atoms with van der Waals surface area (Å²) in [6.45, 7) is 7.58. The fraction of sp³-hybridized carbons (Fsp3) is 0.733. The van der Waals surface area contributed by atoms with Crippen molar-refractivity contribution in [3.05, 3.63) is 17.8 Å². The summed E-state index contributed by atoms with van der Waals surface area (Å²) in [5.74, 6) is 1.66. The van der Waals surface area contributed by atoms with Crippen molar-refractivity contribution < 1.29 is 0 Å². The lowest BCUT2D eigenvalue weighted by atomic mass is 10.0. The highest BCUT2D eigenvalue weighted by Gasteiger charge is 2.20. The van der Waals surface area contributed by atoms with Crippen LogP contribution < -0.4 is 10.2 Å². The van der Waals surface area contributed by atoms with Crippen molar-refractivity contribution in [2.24, 2.45) is 5.92 Å². The molecule has 1 aliphatic rings. The number of rotatable bonds is 7. The molecule has 0 spiro atoms. The average Bonchev–Trinajstić information content (AvgIpc) is 3.19. The normalized spacial score (nSPS) is 16.7. The number of aromatic nitrogens is 2. The summed E-state index contributed by atoms with van der Waals surface area (Å²) in [7, 11) is 2.10. The van der Waals surface area contributed by atoms with Crippen LogP contribution >= 0.6 is 0 Å². The highest BCUT2D eigenvalue weighted by Crippen LogP contribution is 2.19. The summed E-state index contributed by atoms with van der Waals surface area (Å²) in [4.78, 5) is 2.21. The zero-order valence-corrected chi connectivity index (χ0v) is 12.6. The highest BCUT2D eigenvalue weighted by molar-refractivity contribution is 5.37. The largest absolute Gasteiger partial charge is 0.355 e. The first-order chi connectivity index (χ1) is 9.06. The molecule has 1 aromatic heterocycles. The minimum Gasteiger partial charge on any atom is -0.355 e. The molecule has 1 fully saturated rings. The van der Waals surface area contributed by atoms with Gasteiger partial charge in [-0.25, -0.2) is 0 Å². The second kappa shape index (κ2) is 6.33. The Hall–Kier alpha value is -1.16. The van der Waals surface area contributed by atoms with Crippen LogP contribution in [0.25, 0.3) is 0 Å². The molecule has 1 saturated carbocycles. The molecule has 0 saturated heterocycles. The van der Waals surface area contributed by atoms with Crippen molar-refractivity contribution in [2.45, 2.75) is 58.7 Å². The van der Waals surface area contributed by atoms with Crippen molar-refractivity contribution in [3.63, 3.8) is 0 Å². The molecule has 1 N–H and O–H groups in total. The van der Waals surface area contributed by atoms with Gasteiger partial charge >= 0.3 is 0 Å². The van der Waals surface area contributed by atoms with Gasteiger partial charge in [0.15, 0.2) is 5.82 Å². The van der Waals surface area contributed by atoms with Crippen LogP contribution in [0.4, 0.5) is 5.82 Å². The number of hydrogen-bond acceptors (Lipinski definition) is 4. The molecular weight excluding hydrogens is 236 g/mol. The molecule has 0 aromatic carbocycles. The van der Waals surface area contributed by atoms with Crippen molar-refractivity contribution in [2.75, 3.05) is 11.9 Å². The van der Waals surface area contributed by atoms with Crippen LogP contribution in [0.5, 0.6) is 0 Å². The molecule has 4 nitrogen and oxygen atoms in total. The van der Waals surface area contributed by atoms with Gasteiger partial charge in [-0.3, -0.25) is 0 Å². The summed E-state index contributed by atoms with van der Waals surface area (Å²) in [5.41, 5.74) is 1.03. The highest BCUT2D eigenvalue weighted by atomic mass is 15.3. The van der Waals surface area contributed by atoms with Crippen LogP contribution in [-0.2, 0) is 6.54 Å². The maximum atomic E-state index is 4.34. The standard InChI is InChI=1S/C15H26N4/c1-11(2)9-12(3)19(4)15-8-7-14(17-18-15)10-16-13-5-6-13/h7-8,11-13,16H,5-6,9-10H2,1-4H3. The van der Waals surface area contributed by atoms with E-state index in [4.69, 9.17) is 0 Å². The van der Waals surface area contributed by atoms with Gasteiger partial charge in [-0.15, -0.1) is 5.10 Å². The maximum Gasteiger partial charge on any atom is 0.151 e. The van der Waals surface area contributed by atoms with E-state index in [-0.39, 0.29) is 0 Å². The van der Waals surface area contributed by atoms with E-state index in [1.54, 1.807) is 0 Å². The van der Waals surface area contributed by atoms with Crippen LogP contribution in [0, 0.1) is 5.92 Å². The lowest BCUT2D eigenvalue weighted by Gasteiger charge is -2.26. The van der Waals surface area contributed by atoms with Gasteiger partial charge in [0.2, 0.25) is 0 Å². The Morgan fingerprint density at radius 2 is 2.00 bits per heavy atom. The molecule has 1 aromatic rings. The van der Waals surface area contributed by atoms with E-state index in [2.05, 4.69) is 60.4 Å². The Morgan fingerprint density at radius 1 is 1.26 bits per heavy atom. The van der Waals surface area contributed by atoms with Gasteiger partial charge in [0.25, 0.3) is 0 Å². The third-order valence-corrected chi connectivity index (χ3v) is 3.69. The van der Waals surface area contributed by atoms with Crippen LogP contribution in [0.2, 0.25) is 0 Å². The summed E-state index contributed by atoms with van der Waals surface area (Å²) < 4.78 is 0. The monoisotopic (exact) mass is 262 g/mol. The first-order valence-corrected chi connectivity index (χ1v) is 7.35. The predicted octanol–water partition coefficient (Wildman–Crippen LogP) is 2.60. The molecule has 0 bridgehead atoms. The Labute approximate surface area is 116 Å². The van der Waals surface area contributed by atoms with E-state index in [1.165, 1.54) is 19.3 Å². The fourth-order valence-electron chi connectivity index (χ4n) is 2.24. The average molecular weight is 262 g/mol. The predicted molar refractivity (Wildman–Crippen MR) is 79.2 cm³/mol. The first-order valence-electron chi connectivity index (χ1n) is 7.35. The Bertz CT molecular complexity index is 384. The molecule has 106 valence electrons. The topological polar surface area (TPSA) is 41.0 Å². The Balaban J connectivity index is 1.88. The molecule has 1 heterocycles. The molecule has 0 aliphatic heterocycles. The quantitative estimate of drug-likeness (QED) is 0.820. The van der Waals surface area contributed by atoms with E-state index in [0.29, 0.717) is 12.0 Å². The molecule has 0 radical (unpaired) electrons. The summed E-state index contributed by atoms with van der Waals surface area (Å²) >= 11 is 0. The zero-order chi connectivity index (χ0) is 13.8. The number of hydrogen-bond donors (Lipinski definition) is 1. The van der Waals surface area contributed by atoms with Gasteiger partial charge in [0, 0.05) is 25.7 Å². The number of anilines is 1. The molecule has 2 rings (SSSR count). The van der Waals surface area contributed by atoms with Crippen LogP contribution in [0.15, 0.2) is 12.1 Å². The second-order valence-corrected chi connectivity index (χ2v) is 6.13. The van der Waals surface area contributed by atoms with E-state index < -0.39 is 0 Å². The van der Waals surface area contributed by atoms with Gasteiger partial charge < -0.3 is 10.2 Å². The molecule has 1 atom stereocenters. The molecule has 0 amide bonds. The minimum atomic E-state index is 0.490. The zero-order valence-electron chi connectivity index (χ0n) is 12.6. The fourth-order valence-corrected chi connectivity index (χ4v) is 2.24. The van der Waals surface area contributed by atoms with Gasteiger partial charge in [-0.05, 0) is 44.2 Å². The van der Waals surface area contributed by atoms with Crippen LogP contribution in [-0.4, -0.2) is 29.3 Å². The minimum absolute atomic E-state index is 0.490. The van der Waals surface area contributed by atoms with E-state index in [0.717, 1.165) is 24.1 Å². The summed E-state index contributed by atoms with van der Waals surface area (Å²) in [6, 6.07) is 5.37. The Morgan fingerprint density at radius 3 is 2.53 bits per heavy atom. The summed E-state index contributed by atoms with van der Waals surface area (Å²) in [5, 5.41) is 12.1. The van der Waals surface area contributed by atoms with Crippen molar-refractivity contribution in [1.82, 2.24) is 15.5 Å². The van der Waals surface area contributed by atoms with Gasteiger partial charge in [0.05, 0.1) is 5.69 Å². The van der Waals surface area contributed by atoms with Gasteiger partial charge in [-0.1, -0.05) is 13.8 Å². The molecular formula is C15H26N4.